The fourth-order valence-corrected chi connectivity index (χ4v) is 3.11. The Kier molecular flexibility index (Phi) is 4.32. The molecule has 2 saturated heterocycles. The molecule has 106 valence electrons. The van der Waals surface area contributed by atoms with Crippen LogP contribution in [-0.4, -0.2) is 34.4 Å². The molecule has 2 N–H and O–H groups in total. The predicted octanol–water partition coefficient (Wildman–Crippen LogP) is 2.44. The molecule has 0 aromatic carbocycles. The van der Waals surface area contributed by atoms with Crippen LogP contribution in [0.2, 0.25) is 0 Å². The SMILES string of the molecule is CCC1(CC)NN1CCCCN1NC1(CC)CC. The summed E-state index contributed by atoms with van der Waals surface area (Å²) >= 11 is 0. The Hall–Kier alpha value is -0.160. The van der Waals surface area contributed by atoms with Gasteiger partial charge in [-0.3, -0.25) is 0 Å². The summed E-state index contributed by atoms with van der Waals surface area (Å²) in [6, 6.07) is 0. The summed E-state index contributed by atoms with van der Waals surface area (Å²) in [6.07, 6.45) is 7.43. The molecule has 2 unspecified atom stereocenters. The largest absolute Gasteiger partial charge is 0.232 e. The second kappa shape index (κ2) is 5.45. The molecule has 0 radical (unpaired) electrons. The molecule has 2 fully saturated rings. The zero-order valence-electron chi connectivity index (χ0n) is 12.6. The average Bonchev–Trinajstić information content (AvgIpc) is 3.29. The molecule has 0 saturated carbocycles. The molecule has 0 aromatic rings. The monoisotopic (exact) mass is 254 g/mol. The van der Waals surface area contributed by atoms with Crippen LogP contribution in [0.25, 0.3) is 0 Å². The minimum atomic E-state index is 0.342. The molecule has 0 bridgehead atoms. The predicted molar refractivity (Wildman–Crippen MR) is 75.5 cm³/mol. The molecule has 2 aliphatic heterocycles. The first-order chi connectivity index (χ1) is 8.66. The molecular formula is C14H30N4. The lowest BCUT2D eigenvalue weighted by Gasteiger charge is -2.11. The summed E-state index contributed by atoms with van der Waals surface area (Å²) in [4.78, 5) is 0. The van der Waals surface area contributed by atoms with E-state index in [1.807, 2.05) is 0 Å². The first-order valence-corrected chi connectivity index (χ1v) is 7.77. The van der Waals surface area contributed by atoms with E-state index >= 15 is 0 Å². The minimum absolute atomic E-state index is 0.342. The van der Waals surface area contributed by atoms with E-state index in [0.717, 1.165) is 0 Å². The zero-order chi connectivity index (χ0) is 13.2. The zero-order valence-corrected chi connectivity index (χ0v) is 12.6. The number of rotatable bonds is 9. The molecule has 0 aliphatic carbocycles. The Morgan fingerprint density at radius 2 is 1.00 bits per heavy atom. The van der Waals surface area contributed by atoms with E-state index in [4.69, 9.17) is 0 Å². The standard InChI is InChI=1S/C14H30N4/c1-5-13(6-2)15-17(13)11-9-10-12-18-14(7-3,8-4)16-18/h15-16H,5-12H2,1-4H3. The van der Waals surface area contributed by atoms with E-state index in [0.29, 0.717) is 11.3 Å². The van der Waals surface area contributed by atoms with Crippen LogP contribution in [0.3, 0.4) is 0 Å². The fraction of sp³-hybridized carbons (Fsp3) is 1.00. The third kappa shape index (κ3) is 2.57. The van der Waals surface area contributed by atoms with Gasteiger partial charge in [-0.25, -0.2) is 20.9 Å². The van der Waals surface area contributed by atoms with Gasteiger partial charge in [0.15, 0.2) is 0 Å². The summed E-state index contributed by atoms with van der Waals surface area (Å²) in [5.41, 5.74) is 7.74. The van der Waals surface area contributed by atoms with Crippen molar-refractivity contribution in [2.24, 2.45) is 0 Å². The van der Waals surface area contributed by atoms with E-state index < -0.39 is 0 Å². The lowest BCUT2D eigenvalue weighted by Crippen LogP contribution is -2.19. The number of hydrogen-bond acceptors (Lipinski definition) is 4. The van der Waals surface area contributed by atoms with Gasteiger partial charge in [0.05, 0.1) is 11.3 Å². The maximum absolute atomic E-state index is 3.53. The summed E-state index contributed by atoms with van der Waals surface area (Å²) in [5, 5.41) is 4.85. The van der Waals surface area contributed by atoms with Gasteiger partial charge in [0.1, 0.15) is 0 Å². The highest BCUT2D eigenvalue weighted by molar-refractivity contribution is 4.96. The fourth-order valence-electron chi connectivity index (χ4n) is 3.11. The van der Waals surface area contributed by atoms with Crippen LogP contribution in [0, 0.1) is 0 Å². The highest BCUT2D eigenvalue weighted by atomic mass is 15.8. The molecule has 18 heavy (non-hydrogen) atoms. The first-order valence-electron chi connectivity index (χ1n) is 7.77. The van der Waals surface area contributed by atoms with Crippen LogP contribution in [0.1, 0.15) is 66.2 Å². The van der Waals surface area contributed by atoms with Crippen molar-refractivity contribution < 1.29 is 0 Å². The van der Waals surface area contributed by atoms with Crippen molar-refractivity contribution in [3.8, 4) is 0 Å². The van der Waals surface area contributed by atoms with Crippen molar-refractivity contribution in [3.63, 3.8) is 0 Å². The van der Waals surface area contributed by atoms with Gasteiger partial charge in [-0.1, -0.05) is 27.7 Å². The maximum Gasteiger partial charge on any atom is 0.0968 e. The molecule has 4 nitrogen and oxygen atoms in total. The first kappa shape index (κ1) is 14.3. The third-order valence-corrected chi connectivity index (χ3v) is 4.97. The number of unbranched alkanes of at least 4 members (excludes halogenated alkanes) is 1. The highest BCUT2D eigenvalue weighted by Gasteiger charge is 2.49. The third-order valence-electron chi connectivity index (χ3n) is 4.97. The van der Waals surface area contributed by atoms with Crippen molar-refractivity contribution >= 4 is 0 Å². The van der Waals surface area contributed by atoms with Crippen LogP contribution in [0.15, 0.2) is 0 Å². The van der Waals surface area contributed by atoms with Gasteiger partial charge in [0.2, 0.25) is 0 Å². The molecule has 0 amide bonds. The van der Waals surface area contributed by atoms with Crippen molar-refractivity contribution in [3.05, 3.63) is 0 Å². The topological polar surface area (TPSA) is 49.9 Å². The van der Waals surface area contributed by atoms with Crippen LogP contribution >= 0.6 is 0 Å². The summed E-state index contributed by atoms with van der Waals surface area (Å²) in [7, 11) is 0. The van der Waals surface area contributed by atoms with E-state index in [-0.39, 0.29) is 0 Å². The molecule has 0 aromatic heterocycles. The number of nitrogens with zero attached hydrogens (tertiary/aromatic N) is 2. The van der Waals surface area contributed by atoms with Crippen molar-refractivity contribution in [1.82, 2.24) is 20.9 Å². The summed E-state index contributed by atoms with van der Waals surface area (Å²) in [5.74, 6) is 0. The molecule has 4 heteroatoms. The van der Waals surface area contributed by atoms with Gasteiger partial charge in [-0.05, 0) is 38.5 Å². The lowest BCUT2D eigenvalue weighted by atomic mass is 10.1. The molecule has 2 aliphatic rings. The molecule has 0 spiro atoms. The number of nitrogens with one attached hydrogen (secondary N) is 2. The number of hydrogen-bond donors (Lipinski definition) is 2. The van der Waals surface area contributed by atoms with E-state index in [2.05, 4.69) is 48.6 Å². The highest BCUT2D eigenvalue weighted by Crippen LogP contribution is 2.33. The van der Waals surface area contributed by atoms with Crippen LogP contribution < -0.4 is 10.9 Å². The van der Waals surface area contributed by atoms with Gasteiger partial charge in [-0.15, -0.1) is 0 Å². The molecular weight excluding hydrogens is 224 g/mol. The Morgan fingerprint density at radius 1 is 0.667 bits per heavy atom. The van der Waals surface area contributed by atoms with Gasteiger partial charge in [-0.2, -0.15) is 0 Å². The van der Waals surface area contributed by atoms with E-state index in [1.54, 1.807) is 0 Å². The molecule has 2 rings (SSSR count). The second-order valence-corrected chi connectivity index (χ2v) is 5.71. The van der Waals surface area contributed by atoms with Crippen LogP contribution in [-0.2, 0) is 0 Å². The second-order valence-electron chi connectivity index (χ2n) is 5.71. The molecule has 2 atom stereocenters. The smallest absolute Gasteiger partial charge is 0.0968 e. The summed E-state index contributed by atoms with van der Waals surface area (Å²) in [6.45, 7) is 11.5. The van der Waals surface area contributed by atoms with Gasteiger partial charge in [0, 0.05) is 13.1 Å². The lowest BCUT2D eigenvalue weighted by molar-refractivity contribution is 0.341. The van der Waals surface area contributed by atoms with Gasteiger partial charge < -0.3 is 0 Å². The number of hydrazine groups is 2. The normalized spacial score (nSPS) is 31.3. The van der Waals surface area contributed by atoms with Crippen LogP contribution in [0.4, 0.5) is 0 Å². The quantitative estimate of drug-likeness (QED) is 0.490. The van der Waals surface area contributed by atoms with Crippen molar-refractivity contribution in [1.29, 1.82) is 0 Å². The maximum atomic E-state index is 3.53. The van der Waals surface area contributed by atoms with E-state index in [9.17, 15) is 0 Å². The Balaban J connectivity index is 1.56. The van der Waals surface area contributed by atoms with Crippen molar-refractivity contribution in [2.45, 2.75) is 77.5 Å². The van der Waals surface area contributed by atoms with Gasteiger partial charge >= 0.3 is 0 Å². The Labute approximate surface area is 112 Å². The molecule has 2 heterocycles. The van der Waals surface area contributed by atoms with Gasteiger partial charge in [0.25, 0.3) is 0 Å². The van der Waals surface area contributed by atoms with E-state index in [1.165, 1.54) is 51.6 Å². The average molecular weight is 254 g/mol. The van der Waals surface area contributed by atoms with Crippen LogP contribution in [0.5, 0.6) is 0 Å². The Morgan fingerprint density at radius 3 is 1.22 bits per heavy atom. The van der Waals surface area contributed by atoms with Crippen molar-refractivity contribution in [2.75, 3.05) is 13.1 Å². The summed E-state index contributed by atoms with van der Waals surface area (Å²) < 4.78 is 0. The minimum Gasteiger partial charge on any atom is -0.232 e. The Bertz CT molecular complexity index is 243.